The fraction of sp³-hybridized carbons (Fsp3) is 0. The van der Waals surface area contributed by atoms with Gasteiger partial charge in [0.25, 0.3) is 10.0 Å². The standard InChI is InChI=1S/C6H7FN2O4S2/c7-9-15(12,13)6-3-1-5(2-4-6)14(8,10)11/h1-4,9H,(H2,8,10,11). The van der Waals surface area contributed by atoms with E-state index in [2.05, 4.69) is 0 Å². The highest BCUT2D eigenvalue weighted by molar-refractivity contribution is 7.89. The van der Waals surface area contributed by atoms with Gasteiger partial charge in [-0.1, -0.05) is 0 Å². The molecule has 84 valence electrons. The van der Waals surface area contributed by atoms with E-state index < -0.39 is 24.9 Å². The quantitative estimate of drug-likeness (QED) is 0.709. The van der Waals surface area contributed by atoms with Gasteiger partial charge in [0.1, 0.15) is 0 Å². The molecular weight excluding hydrogens is 247 g/mol. The summed E-state index contributed by atoms with van der Waals surface area (Å²) in [5, 5.41) is 4.78. The van der Waals surface area contributed by atoms with Crippen LogP contribution in [0.2, 0.25) is 0 Å². The summed E-state index contributed by atoms with van der Waals surface area (Å²) in [6, 6.07) is 3.81. The number of halogens is 1. The van der Waals surface area contributed by atoms with Gasteiger partial charge in [0.15, 0.2) is 0 Å². The highest BCUT2D eigenvalue weighted by Crippen LogP contribution is 2.12. The fourth-order valence-corrected chi connectivity index (χ4v) is 1.95. The normalized spacial score (nSPS) is 12.7. The average Bonchev–Trinajstić information content (AvgIpc) is 2.17. The SMILES string of the molecule is NS(=O)(=O)c1ccc(S(=O)(=O)NF)cc1. The van der Waals surface area contributed by atoms with E-state index in [1.54, 1.807) is 0 Å². The first-order valence-electron chi connectivity index (χ1n) is 3.53. The number of benzene rings is 1. The molecule has 0 spiro atoms. The topological polar surface area (TPSA) is 106 Å². The van der Waals surface area contributed by atoms with E-state index in [1.807, 2.05) is 0 Å². The van der Waals surface area contributed by atoms with Crippen molar-refractivity contribution in [3.8, 4) is 0 Å². The Bertz CT molecular complexity index is 549. The Morgan fingerprint density at radius 1 is 1.00 bits per heavy atom. The third kappa shape index (κ3) is 2.72. The van der Waals surface area contributed by atoms with Crippen LogP contribution in [0.4, 0.5) is 4.48 Å². The number of primary sulfonamides is 1. The van der Waals surface area contributed by atoms with Crippen LogP contribution >= 0.6 is 0 Å². The smallest absolute Gasteiger partial charge is 0.225 e. The maximum Gasteiger partial charge on any atom is 0.266 e. The Morgan fingerprint density at radius 3 is 1.73 bits per heavy atom. The molecule has 0 fully saturated rings. The largest absolute Gasteiger partial charge is 0.266 e. The number of rotatable bonds is 3. The Labute approximate surface area is 85.9 Å². The van der Waals surface area contributed by atoms with Crippen molar-refractivity contribution in [1.82, 2.24) is 4.94 Å². The van der Waals surface area contributed by atoms with Crippen molar-refractivity contribution in [3.63, 3.8) is 0 Å². The molecule has 0 aliphatic carbocycles. The van der Waals surface area contributed by atoms with Crippen LogP contribution in [0.5, 0.6) is 0 Å². The lowest BCUT2D eigenvalue weighted by molar-refractivity contribution is 0.425. The molecule has 0 aliphatic heterocycles. The van der Waals surface area contributed by atoms with Crippen LogP contribution in [0, 0.1) is 0 Å². The van der Waals surface area contributed by atoms with E-state index >= 15 is 0 Å². The predicted molar refractivity (Wildman–Crippen MR) is 49.2 cm³/mol. The van der Waals surface area contributed by atoms with Gasteiger partial charge in [-0.15, -0.1) is 4.48 Å². The van der Waals surface area contributed by atoms with Crippen LogP contribution in [0.25, 0.3) is 0 Å². The van der Waals surface area contributed by atoms with Crippen molar-refractivity contribution in [2.75, 3.05) is 0 Å². The van der Waals surface area contributed by atoms with E-state index in [0.717, 1.165) is 24.3 Å². The van der Waals surface area contributed by atoms with E-state index in [0.29, 0.717) is 4.94 Å². The second-order valence-corrected chi connectivity index (χ2v) is 5.79. The van der Waals surface area contributed by atoms with Gasteiger partial charge in [-0.25, -0.2) is 22.0 Å². The van der Waals surface area contributed by atoms with Crippen molar-refractivity contribution in [2.24, 2.45) is 5.14 Å². The molecule has 0 amide bonds. The number of sulfonamides is 2. The molecule has 0 aromatic heterocycles. The molecule has 0 saturated heterocycles. The molecule has 9 heteroatoms. The molecule has 0 heterocycles. The highest BCUT2D eigenvalue weighted by atomic mass is 32.2. The van der Waals surface area contributed by atoms with E-state index in [9.17, 15) is 21.3 Å². The molecule has 0 radical (unpaired) electrons. The molecular formula is C6H7FN2O4S2. The van der Waals surface area contributed by atoms with Gasteiger partial charge in [0.2, 0.25) is 10.0 Å². The minimum atomic E-state index is -4.21. The van der Waals surface area contributed by atoms with Crippen LogP contribution in [0.3, 0.4) is 0 Å². The number of hydrogen-bond acceptors (Lipinski definition) is 4. The third-order valence-corrected chi connectivity index (χ3v) is 3.59. The summed E-state index contributed by atoms with van der Waals surface area (Å²) < 4.78 is 55.2. The molecule has 0 atom stereocenters. The van der Waals surface area contributed by atoms with Crippen molar-refractivity contribution >= 4 is 20.0 Å². The number of nitrogens with one attached hydrogen (secondary N) is 1. The molecule has 1 aromatic carbocycles. The van der Waals surface area contributed by atoms with Gasteiger partial charge in [0, 0.05) is 0 Å². The summed E-state index contributed by atoms with van der Waals surface area (Å²) in [5.74, 6) is 0. The second kappa shape index (κ2) is 3.85. The van der Waals surface area contributed by atoms with Crippen LogP contribution in [0.15, 0.2) is 34.1 Å². The lowest BCUT2D eigenvalue weighted by Crippen LogP contribution is -2.16. The Hall–Kier alpha value is -1.03. The molecule has 1 aromatic rings. The number of hydrogen-bond donors (Lipinski definition) is 2. The van der Waals surface area contributed by atoms with Gasteiger partial charge in [0.05, 0.1) is 9.79 Å². The first kappa shape index (κ1) is 12.0. The van der Waals surface area contributed by atoms with Crippen molar-refractivity contribution in [3.05, 3.63) is 24.3 Å². The molecule has 0 bridgehead atoms. The Kier molecular flexibility index (Phi) is 3.09. The second-order valence-electron chi connectivity index (χ2n) is 2.60. The van der Waals surface area contributed by atoms with Crippen molar-refractivity contribution in [2.45, 2.75) is 9.79 Å². The van der Waals surface area contributed by atoms with E-state index in [1.165, 1.54) is 0 Å². The van der Waals surface area contributed by atoms with Gasteiger partial charge in [-0.2, -0.15) is 0 Å². The first-order valence-corrected chi connectivity index (χ1v) is 6.55. The van der Waals surface area contributed by atoms with Crippen LogP contribution in [-0.4, -0.2) is 16.8 Å². The summed E-state index contributed by atoms with van der Waals surface area (Å²) >= 11 is 0. The fourth-order valence-electron chi connectivity index (χ4n) is 0.853. The maximum atomic E-state index is 11.8. The van der Waals surface area contributed by atoms with Crippen molar-refractivity contribution in [1.29, 1.82) is 0 Å². The first-order chi connectivity index (χ1) is 6.77. The van der Waals surface area contributed by atoms with Crippen LogP contribution in [-0.2, 0) is 20.0 Å². The Morgan fingerprint density at radius 2 is 1.40 bits per heavy atom. The van der Waals surface area contributed by atoms with E-state index in [4.69, 9.17) is 5.14 Å². The zero-order valence-corrected chi connectivity index (χ0v) is 8.85. The zero-order valence-electron chi connectivity index (χ0n) is 7.21. The molecule has 0 aliphatic rings. The molecule has 1 rings (SSSR count). The minimum Gasteiger partial charge on any atom is -0.225 e. The summed E-state index contributed by atoms with van der Waals surface area (Å²) in [6.45, 7) is 0. The Balaban J connectivity index is 3.24. The summed E-state index contributed by atoms with van der Waals surface area (Å²) in [7, 11) is -8.09. The zero-order chi connectivity index (χ0) is 11.7. The molecule has 0 saturated carbocycles. The van der Waals surface area contributed by atoms with E-state index in [-0.39, 0.29) is 4.90 Å². The summed E-state index contributed by atoms with van der Waals surface area (Å²) in [5.41, 5.74) is 0. The van der Waals surface area contributed by atoms with Gasteiger partial charge in [-0.3, -0.25) is 0 Å². The third-order valence-electron chi connectivity index (χ3n) is 1.56. The van der Waals surface area contributed by atoms with Gasteiger partial charge < -0.3 is 0 Å². The average molecular weight is 254 g/mol. The van der Waals surface area contributed by atoms with Gasteiger partial charge in [-0.05, 0) is 29.2 Å². The van der Waals surface area contributed by atoms with Gasteiger partial charge >= 0.3 is 0 Å². The maximum absolute atomic E-state index is 11.8. The summed E-state index contributed by atoms with van der Waals surface area (Å²) in [6.07, 6.45) is 0. The van der Waals surface area contributed by atoms with Crippen LogP contribution in [0.1, 0.15) is 0 Å². The monoisotopic (exact) mass is 254 g/mol. The molecule has 0 unspecified atom stereocenters. The minimum absolute atomic E-state index is 0.250. The summed E-state index contributed by atoms with van der Waals surface area (Å²) in [4.78, 5) is -0.0337. The highest BCUT2D eigenvalue weighted by Gasteiger charge is 2.14. The lowest BCUT2D eigenvalue weighted by Gasteiger charge is -2.01. The molecule has 3 N–H and O–H groups in total. The van der Waals surface area contributed by atoms with Crippen molar-refractivity contribution < 1.29 is 21.3 Å². The lowest BCUT2D eigenvalue weighted by atomic mass is 10.4. The molecule has 15 heavy (non-hydrogen) atoms. The van der Waals surface area contributed by atoms with Crippen LogP contribution < -0.4 is 10.1 Å². The predicted octanol–water partition coefficient (Wildman–Crippen LogP) is -0.503. The number of nitrogens with two attached hydrogens (primary N) is 1. The molecule has 6 nitrogen and oxygen atoms in total.